The lowest BCUT2D eigenvalue weighted by molar-refractivity contribution is 0.247. The van der Waals surface area contributed by atoms with Crippen LogP contribution >= 0.6 is 0 Å². The van der Waals surface area contributed by atoms with Gasteiger partial charge in [-0.1, -0.05) is 13.8 Å². The van der Waals surface area contributed by atoms with Gasteiger partial charge in [0.05, 0.1) is 18.2 Å². The molecule has 0 amide bonds. The average molecular weight is 211 g/mol. The van der Waals surface area contributed by atoms with Crippen molar-refractivity contribution >= 4 is 0 Å². The van der Waals surface area contributed by atoms with Crippen LogP contribution in [0.5, 0.6) is 5.75 Å². The molecule has 1 rings (SSSR count). The fourth-order valence-electron chi connectivity index (χ4n) is 1.01. The van der Waals surface area contributed by atoms with E-state index in [1.807, 2.05) is 13.8 Å². The van der Waals surface area contributed by atoms with Gasteiger partial charge in [0.25, 0.3) is 0 Å². The van der Waals surface area contributed by atoms with Crippen LogP contribution in [0.25, 0.3) is 0 Å². The van der Waals surface area contributed by atoms with E-state index in [0.29, 0.717) is 0 Å². The summed E-state index contributed by atoms with van der Waals surface area (Å²) in [6, 6.07) is 3.58. The monoisotopic (exact) mass is 211 g/mol. The molecule has 0 saturated carbocycles. The Morgan fingerprint density at radius 2 is 1.87 bits per heavy atom. The van der Waals surface area contributed by atoms with Crippen molar-refractivity contribution in [3.05, 3.63) is 29.3 Å². The minimum atomic E-state index is -0.841. The van der Waals surface area contributed by atoms with Crippen LogP contribution in [0.1, 0.15) is 19.4 Å². The van der Waals surface area contributed by atoms with E-state index < -0.39 is 17.4 Å². The van der Waals surface area contributed by atoms with Gasteiger partial charge < -0.3 is 4.74 Å². The summed E-state index contributed by atoms with van der Waals surface area (Å²) in [6.45, 7) is 3.98. The van der Waals surface area contributed by atoms with E-state index in [1.165, 1.54) is 0 Å². The summed E-state index contributed by atoms with van der Waals surface area (Å²) in [5.74, 6) is -1.92. The van der Waals surface area contributed by atoms with Gasteiger partial charge in [-0.3, -0.25) is 0 Å². The normalized spacial score (nSPS) is 10.1. The van der Waals surface area contributed by atoms with Crippen LogP contribution in [-0.2, 0) is 0 Å². The van der Waals surface area contributed by atoms with E-state index in [-0.39, 0.29) is 18.1 Å². The van der Waals surface area contributed by atoms with Crippen LogP contribution < -0.4 is 4.74 Å². The quantitative estimate of drug-likeness (QED) is 0.770. The summed E-state index contributed by atoms with van der Waals surface area (Å²) in [5, 5.41) is 8.47. The predicted octanol–water partition coefficient (Wildman–Crippen LogP) is 2.87. The second-order valence-electron chi connectivity index (χ2n) is 3.59. The Hall–Kier alpha value is -1.63. The standard InChI is InChI=1S/C11H11F2NO/c1-7(2)6-15-11-9(12)3-8(5-14)4-10(11)13/h3-4,7H,6H2,1-2H3. The third-order valence-corrected chi connectivity index (χ3v) is 1.69. The Kier molecular flexibility index (Phi) is 3.62. The number of hydrogen-bond donors (Lipinski definition) is 0. The molecule has 0 aliphatic heterocycles. The summed E-state index contributed by atoms with van der Waals surface area (Å²) in [6.07, 6.45) is 0. The molecule has 0 aromatic heterocycles. The van der Waals surface area contributed by atoms with Gasteiger partial charge in [0, 0.05) is 0 Å². The lowest BCUT2D eigenvalue weighted by atomic mass is 10.2. The van der Waals surface area contributed by atoms with Gasteiger partial charge in [-0.15, -0.1) is 0 Å². The minimum absolute atomic E-state index is 0.0538. The molecule has 15 heavy (non-hydrogen) atoms. The second-order valence-corrected chi connectivity index (χ2v) is 3.59. The highest BCUT2D eigenvalue weighted by atomic mass is 19.1. The molecule has 0 aliphatic carbocycles. The third-order valence-electron chi connectivity index (χ3n) is 1.69. The number of nitriles is 1. The Morgan fingerprint density at radius 3 is 2.27 bits per heavy atom. The number of benzene rings is 1. The first-order valence-electron chi connectivity index (χ1n) is 4.56. The Balaban J connectivity index is 2.94. The Morgan fingerprint density at radius 1 is 1.33 bits per heavy atom. The average Bonchev–Trinajstić information content (AvgIpc) is 2.15. The minimum Gasteiger partial charge on any atom is -0.487 e. The van der Waals surface area contributed by atoms with Gasteiger partial charge in [0.2, 0.25) is 0 Å². The summed E-state index contributed by atoms with van der Waals surface area (Å²) in [4.78, 5) is 0. The summed E-state index contributed by atoms with van der Waals surface area (Å²) < 4.78 is 31.4. The first-order chi connectivity index (χ1) is 7.04. The molecule has 1 aromatic rings. The summed E-state index contributed by atoms with van der Waals surface area (Å²) in [5.41, 5.74) is -0.0538. The SMILES string of the molecule is CC(C)COc1c(F)cc(C#N)cc1F. The van der Waals surface area contributed by atoms with E-state index in [1.54, 1.807) is 6.07 Å². The smallest absolute Gasteiger partial charge is 0.190 e. The summed E-state index contributed by atoms with van der Waals surface area (Å²) >= 11 is 0. The highest BCUT2D eigenvalue weighted by Crippen LogP contribution is 2.23. The zero-order chi connectivity index (χ0) is 11.4. The fourth-order valence-corrected chi connectivity index (χ4v) is 1.01. The van der Waals surface area contributed by atoms with E-state index in [9.17, 15) is 8.78 Å². The maximum Gasteiger partial charge on any atom is 0.190 e. The van der Waals surface area contributed by atoms with E-state index in [0.717, 1.165) is 12.1 Å². The topological polar surface area (TPSA) is 33.0 Å². The van der Waals surface area contributed by atoms with Gasteiger partial charge >= 0.3 is 0 Å². The number of halogens is 2. The van der Waals surface area contributed by atoms with Crippen molar-refractivity contribution in [1.29, 1.82) is 5.26 Å². The second kappa shape index (κ2) is 4.74. The first kappa shape index (κ1) is 11.4. The molecule has 80 valence electrons. The molecule has 0 radical (unpaired) electrons. The highest BCUT2D eigenvalue weighted by molar-refractivity contribution is 5.37. The molecule has 0 fully saturated rings. The molecule has 0 bridgehead atoms. The Labute approximate surface area is 87.1 Å². The van der Waals surface area contributed by atoms with Gasteiger partial charge in [-0.2, -0.15) is 5.26 Å². The van der Waals surface area contributed by atoms with Crippen molar-refractivity contribution in [2.24, 2.45) is 5.92 Å². The Bertz CT molecular complexity index is 373. The van der Waals surface area contributed by atoms with Crippen molar-refractivity contribution < 1.29 is 13.5 Å². The van der Waals surface area contributed by atoms with Crippen molar-refractivity contribution in [2.75, 3.05) is 6.61 Å². The van der Waals surface area contributed by atoms with Crippen molar-refractivity contribution in [2.45, 2.75) is 13.8 Å². The molecule has 0 N–H and O–H groups in total. The maximum atomic E-state index is 13.2. The number of nitrogens with zero attached hydrogens (tertiary/aromatic N) is 1. The molecule has 0 unspecified atom stereocenters. The van der Waals surface area contributed by atoms with Crippen LogP contribution in [0.2, 0.25) is 0 Å². The molecule has 2 nitrogen and oxygen atoms in total. The van der Waals surface area contributed by atoms with Crippen LogP contribution in [0.15, 0.2) is 12.1 Å². The van der Waals surface area contributed by atoms with E-state index in [2.05, 4.69) is 0 Å². The molecule has 0 heterocycles. The highest BCUT2D eigenvalue weighted by Gasteiger charge is 2.12. The lowest BCUT2D eigenvalue weighted by Crippen LogP contribution is -2.07. The molecule has 4 heteroatoms. The van der Waals surface area contributed by atoms with Crippen molar-refractivity contribution in [1.82, 2.24) is 0 Å². The number of ether oxygens (including phenoxy) is 1. The van der Waals surface area contributed by atoms with Crippen LogP contribution in [-0.4, -0.2) is 6.61 Å². The fraction of sp³-hybridized carbons (Fsp3) is 0.364. The molecular formula is C11H11F2NO. The lowest BCUT2D eigenvalue weighted by Gasteiger charge is -2.10. The molecule has 0 aliphatic rings. The van der Waals surface area contributed by atoms with Gasteiger partial charge in [0.1, 0.15) is 0 Å². The van der Waals surface area contributed by atoms with Crippen LogP contribution in [0, 0.1) is 28.9 Å². The van der Waals surface area contributed by atoms with Gasteiger partial charge in [-0.25, -0.2) is 8.78 Å². The van der Waals surface area contributed by atoms with Gasteiger partial charge in [0.15, 0.2) is 17.4 Å². The van der Waals surface area contributed by atoms with Crippen LogP contribution in [0.4, 0.5) is 8.78 Å². The molecule has 0 atom stereocenters. The molecule has 1 aromatic carbocycles. The summed E-state index contributed by atoms with van der Waals surface area (Å²) in [7, 11) is 0. The molecule has 0 spiro atoms. The predicted molar refractivity (Wildman–Crippen MR) is 51.4 cm³/mol. The first-order valence-corrected chi connectivity index (χ1v) is 4.56. The van der Waals surface area contributed by atoms with E-state index in [4.69, 9.17) is 10.00 Å². The molecular weight excluding hydrogens is 200 g/mol. The largest absolute Gasteiger partial charge is 0.487 e. The van der Waals surface area contributed by atoms with Crippen molar-refractivity contribution in [3.8, 4) is 11.8 Å². The zero-order valence-corrected chi connectivity index (χ0v) is 8.55. The number of hydrogen-bond acceptors (Lipinski definition) is 2. The van der Waals surface area contributed by atoms with Gasteiger partial charge in [-0.05, 0) is 18.1 Å². The van der Waals surface area contributed by atoms with E-state index >= 15 is 0 Å². The van der Waals surface area contributed by atoms with Crippen molar-refractivity contribution in [3.63, 3.8) is 0 Å². The number of rotatable bonds is 3. The molecule has 0 saturated heterocycles. The van der Waals surface area contributed by atoms with Crippen LogP contribution in [0.3, 0.4) is 0 Å². The zero-order valence-electron chi connectivity index (χ0n) is 8.55. The third kappa shape index (κ3) is 2.91. The maximum absolute atomic E-state index is 13.2.